The lowest BCUT2D eigenvalue weighted by Crippen LogP contribution is -2.47. The van der Waals surface area contributed by atoms with Gasteiger partial charge in [-0.05, 0) is 68.7 Å². The number of aromatic nitrogens is 2. The molecule has 2 saturated carbocycles. The molecule has 1 N–H and O–H groups in total. The number of rotatable bonds is 6. The third kappa shape index (κ3) is 4.69. The number of halogens is 3. The third-order valence-electron chi connectivity index (χ3n) is 11.9. The Kier molecular flexibility index (Phi) is 7.58. The van der Waals surface area contributed by atoms with E-state index in [-0.39, 0.29) is 65.0 Å². The van der Waals surface area contributed by atoms with Gasteiger partial charge in [-0.15, -0.1) is 0 Å². The zero-order valence-electron chi connectivity index (χ0n) is 27.9. The number of carbonyl (C=O) groups is 2. The summed E-state index contributed by atoms with van der Waals surface area (Å²) in [4.78, 5) is 35.7. The van der Waals surface area contributed by atoms with E-state index in [1.165, 1.54) is 7.11 Å². The minimum atomic E-state index is -0.496. The number of benzene rings is 2. The minimum Gasteiger partial charge on any atom is -0.453 e. The zero-order valence-corrected chi connectivity index (χ0v) is 29.4. The molecule has 4 bridgehead atoms. The average Bonchev–Trinajstić information content (AvgIpc) is 3.39. The molecule has 4 aromatic rings. The first-order valence-electron chi connectivity index (χ1n) is 17.6. The number of aryl methyl sites for hydroxylation is 2. The van der Waals surface area contributed by atoms with Gasteiger partial charge in [0.15, 0.2) is 5.82 Å². The second-order valence-electron chi connectivity index (χ2n) is 14.8. The van der Waals surface area contributed by atoms with Crippen molar-refractivity contribution < 1.29 is 18.7 Å². The summed E-state index contributed by atoms with van der Waals surface area (Å²) < 4.78 is 24.7. The first-order valence-corrected chi connectivity index (χ1v) is 18.3. The Morgan fingerprint density at radius 2 is 1.96 bits per heavy atom. The number of pyridine rings is 1. The van der Waals surface area contributed by atoms with Crippen LogP contribution in [-0.2, 0) is 16.0 Å². The molecule has 0 radical (unpaired) electrons. The van der Waals surface area contributed by atoms with E-state index in [9.17, 15) is 14.9 Å². The molecule has 0 spiro atoms. The van der Waals surface area contributed by atoms with E-state index >= 15 is 4.39 Å². The molecule has 4 aliphatic heterocycles. The van der Waals surface area contributed by atoms with Crippen molar-refractivity contribution in [3.8, 4) is 17.2 Å². The topological polar surface area (TPSA) is 103 Å². The quantitative estimate of drug-likeness (QED) is 0.224. The number of piperidine rings is 1. The van der Waals surface area contributed by atoms with Crippen LogP contribution in [0.5, 0.6) is 0 Å². The highest BCUT2D eigenvalue weighted by molar-refractivity contribution is 6.43. The van der Waals surface area contributed by atoms with Gasteiger partial charge in [-0.3, -0.25) is 4.79 Å². The van der Waals surface area contributed by atoms with Crippen LogP contribution < -0.4 is 5.32 Å². The van der Waals surface area contributed by atoms with Crippen molar-refractivity contribution in [1.82, 2.24) is 24.7 Å². The fourth-order valence-electron chi connectivity index (χ4n) is 9.59. The van der Waals surface area contributed by atoms with Gasteiger partial charge < -0.3 is 24.4 Å². The van der Waals surface area contributed by atoms with Crippen LogP contribution >= 0.6 is 23.2 Å². The van der Waals surface area contributed by atoms with Gasteiger partial charge in [0, 0.05) is 77.2 Å². The molecule has 258 valence electrons. The SMILES string of the molecule is COC(=O)N1C[C@@H]2C[C@H](C1)N(C(=O)C1CC1)[C@H]2c1cc2c(C)nc3c(F)c(-c4cccc(Cl)c4Cl)c(CCC#N)cc3c2n1[C@H]1[C@H]2CN[C@@H]1C2. The molecule has 9 nitrogen and oxygen atoms in total. The van der Waals surface area contributed by atoms with Crippen LogP contribution in [-0.4, -0.2) is 70.2 Å². The van der Waals surface area contributed by atoms with E-state index in [0.717, 1.165) is 48.8 Å². The molecule has 50 heavy (non-hydrogen) atoms. The monoisotopic (exact) mass is 714 g/mol. The first kappa shape index (κ1) is 32.0. The molecule has 6 atom stereocenters. The Hall–Kier alpha value is -3.91. The van der Waals surface area contributed by atoms with E-state index in [1.54, 1.807) is 23.1 Å². The van der Waals surface area contributed by atoms with Crippen molar-refractivity contribution in [2.45, 2.75) is 69.6 Å². The molecular weight excluding hydrogens is 678 g/mol. The van der Waals surface area contributed by atoms with E-state index in [0.29, 0.717) is 58.2 Å². The Morgan fingerprint density at radius 1 is 1.14 bits per heavy atom. The maximum absolute atomic E-state index is 17.2. The van der Waals surface area contributed by atoms with Crippen molar-refractivity contribution >= 4 is 57.0 Å². The smallest absolute Gasteiger partial charge is 0.409 e. The first-order chi connectivity index (χ1) is 24.2. The standard InChI is InChI=1S/C38H37Cl2FN6O3/c1-18-25-14-29(35-22-11-23(17-45(16-22)38(49)50-2)46(35)37(48)19-8-9-19)47(34-21-13-28(34)43-15-21)36(25)26-12-20(5-4-10-42)30(32(41)33(26)44-18)24-6-3-7-27(39)31(24)40/h3,6-7,12,14,19,21-23,28,34-35,43H,4-5,8-9,11,13,15-17H2,1-2H3/t21-,22+,23-,28-,34+,35-/m1/s1. The van der Waals surface area contributed by atoms with Crippen molar-refractivity contribution in [2.24, 2.45) is 17.8 Å². The number of amides is 2. The highest BCUT2D eigenvalue weighted by atomic mass is 35.5. The molecule has 2 aliphatic carbocycles. The van der Waals surface area contributed by atoms with E-state index in [1.807, 2.05) is 13.0 Å². The number of hydrogen-bond acceptors (Lipinski definition) is 6. The van der Waals surface area contributed by atoms with Crippen molar-refractivity contribution in [2.75, 3.05) is 26.7 Å². The molecule has 10 rings (SSSR count). The zero-order chi connectivity index (χ0) is 34.6. The number of likely N-dealkylation sites (tertiary alicyclic amines) is 2. The predicted octanol–water partition coefficient (Wildman–Crippen LogP) is 7.35. The number of ether oxygens (including phenoxy) is 1. The van der Waals surface area contributed by atoms with Gasteiger partial charge in [0.05, 0.1) is 46.9 Å². The summed E-state index contributed by atoms with van der Waals surface area (Å²) in [5.74, 6) is 0.0899. The number of nitrogens with zero attached hydrogens (tertiary/aromatic N) is 5. The second kappa shape index (κ2) is 11.8. The van der Waals surface area contributed by atoms with Crippen LogP contribution in [0.1, 0.15) is 61.1 Å². The number of methoxy groups -OCH3 is 1. The van der Waals surface area contributed by atoms with Crippen molar-refractivity contribution in [1.29, 1.82) is 5.26 Å². The number of nitriles is 1. The molecular formula is C38H37Cl2FN6O3. The number of carbonyl (C=O) groups excluding carboxylic acids is 2. The van der Waals surface area contributed by atoms with Gasteiger partial charge in [-0.25, -0.2) is 14.2 Å². The highest BCUT2D eigenvalue weighted by Gasteiger charge is 2.55. The summed E-state index contributed by atoms with van der Waals surface area (Å²) >= 11 is 13.1. The van der Waals surface area contributed by atoms with Crippen LogP contribution in [0.2, 0.25) is 10.0 Å². The number of fused-ring (bicyclic) bond motifs is 6. The maximum atomic E-state index is 17.2. The molecule has 2 aromatic carbocycles. The summed E-state index contributed by atoms with van der Waals surface area (Å²) in [5.41, 5.74) is 4.28. The van der Waals surface area contributed by atoms with Gasteiger partial charge in [0.2, 0.25) is 5.91 Å². The maximum Gasteiger partial charge on any atom is 0.409 e. The molecule has 6 aliphatic rings. The van der Waals surface area contributed by atoms with Gasteiger partial charge in [-0.1, -0.05) is 35.3 Å². The van der Waals surface area contributed by atoms with E-state index < -0.39 is 5.82 Å². The lowest BCUT2D eigenvalue weighted by Gasteiger charge is -2.40. The van der Waals surface area contributed by atoms with Gasteiger partial charge in [0.1, 0.15) is 5.52 Å². The number of nitrogens with one attached hydrogen (secondary N) is 1. The fraction of sp³-hybridized carbons (Fsp3) is 0.474. The molecule has 0 unspecified atom stereocenters. The van der Waals surface area contributed by atoms with Gasteiger partial charge in [0.25, 0.3) is 0 Å². The largest absolute Gasteiger partial charge is 0.453 e. The highest BCUT2D eigenvalue weighted by Crippen LogP contribution is 2.54. The second-order valence-corrected chi connectivity index (χ2v) is 15.6. The summed E-state index contributed by atoms with van der Waals surface area (Å²) in [5, 5.41) is 15.4. The van der Waals surface area contributed by atoms with Crippen LogP contribution in [0.25, 0.3) is 32.9 Å². The summed E-state index contributed by atoms with van der Waals surface area (Å²) in [6.45, 7) is 3.75. The molecule has 12 heteroatoms. The van der Waals surface area contributed by atoms with Crippen molar-refractivity contribution in [3.05, 3.63) is 63.1 Å². The van der Waals surface area contributed by atoms with Gasteiger partial charge in [-0.2, -0.15) is 5.26 Å². The lowest BCUT2D eigenvalue weighted by molar-refractivity contribution is -0.135. The van der Waals surface area contributed by atoms with E-state index in [4.69, 9.17) is 32.9 Å². The Balaban J connectivity index is 1.31. The van der Waals surface area contributed by atoms with Crippen LogP contribution in [0, 0.1) is 41.8 Å². The fourth-order valence-corrected chi connectivity index (χ4v) is 9.98. The van der Waals surface area contributed by atoms with Gasteiger partial charge >= 0.3 is 6.09 Å². The van der Waals surface area contributed by atoms with Crippen LogP contribution in [0.4, 0.5) is 9.18 Å². The molecule has 6 heterocycles. The Bertz CT molecular complexity index is 2150. The summed E-state index contributed by atoms with van der Waals surface area (Å²) in [6, 6.07) is 11.6. The van der Waals surface area contributed by atoms with Crippen LogP contribution in [0.3, 0.4) is 0 Å². The van der Waals surface area contributed by atoms with Crippen molar-refractivity contribution in [3.63, 3.8) is 0 Å². The third-order valence-corrected chi connectivity index (χ3v) is 12.8. The van der Waals surface area contributed by atoms with E-state index in [2.05, 4.69) is 26.9 Å². The molecule has 6 fully saturated rings. The average molecular weight is 716 g/mol. The normalized spacial score (nSPS) is 26.8. The Labute approximate surface area is 299 Å². The summed E-state index contributed by atoms with van der Waals surface area (Å²) in [7, 11) is 1.40. The number of hydrogen-bond donors (Lipinski definition) is 1. The molecule has 2 amide bonds. The molecule has 4 saturated heterocycles. The lowest BCUT2D eigenvalue weighted by atomic mass is 9.79. The minimum absolute atomic E-state index is 0.0144. The van der Waals surface area contributed by atoms with Crippen LogP contribution in [0.15, 0.2) is 30.3 Å². The predicted molar refractivity (Wildman–Crippen MR) is 188 cm³/mol. The Morgan fingerprint density at radius 3 is 2.66 bits per heavy atom. The summed E-state index contributed by atoms with van der Waals surface area (Å²) in [6.07, 6.45) is 3.78. The molecule has 2 aromatic heterocycles.